The van der Waals surface area contributed by atoms with E-state index >= 15 is 0 Å². The van der Waals surface area contributed by atoms with E-state index in [1.54, 1.807) is 0 Å². The average molecular weight is 228 g/mol. The van der Waals surface area contributed by atoms with Crippen molar-refractivity contribution in [3.05, 3.63) is 18.2 Å². The number of aromatic nitrogens is 2. The molecule has 1 saturated heterocycles. The van der Waals surface area contributed by atoms with E-state index in [9.17, 15) is 0 Å². The lowest BCUT2D eigenvalue weighted by Gasteiger charge is -2.20. The zero-order valence-corrected chi connectivity index (χ0v) is 10.1. The van der Waals surface area contributed by atoms with Crippen LogP contribution in [0.1, 0.15) is 32.0 Å². The number of hydrogen-bond acceptors (Lipinski definition) is 2. The molecule has 0 aliphatic carbocycles. The SMILES string of the molecule is CC(C)N1CCC(n2cnc(CCl)c2)C1. The van der Waals surface area contributed by atoms with Gasteiger partial charge in [0, 0.05) is 31.4 Å². The van der Waals surface area contributed by atoms with Crippen LogP contribution in [-0.4, -0.2) is 33.6 Å². The van der Waals surface area contributed by atoms with Gasteiger partial charge in [0.15, 0.2) is 0 Å². The van der Waals surface area contributed by atoms with Crippen LogP contribution in [-0.2, 0) is 5.88 Å². The summed E-state index contributed by atoms with van der Waals surface area (Å²) in [4.78, 5) is 6.77. The predicted molar refractivity (Wildman–Crippen MR) is 62.1 cm³/mol. The van der Waals surface area contributed by atoms with E-state index in [-0.39, 0.29) is 0 Å². The molecular formula is C11H18ClN3. The molecule has 4 heteroatoms. The zero-order valence-electron chi connectivity index (χ0n) is 9.36. The van der Waals surface area contributed by atoms with Crippen LogP contribution in [0.25, 0.3) is 0 Å². The molecule has 1 aliphatic heterocycles. The quantitative estimate of drug-likeness (QED) is 0.739. The van der Waals surface area contributed by atoms with E-state index in [2.05, 4.69) is 34.5 Å². The Hall–Kier alpha value is -0.540. The summed E-state index contributed by atoms with van der Waals surface area (Å²) in [5.74, 6) is 0.508. The zero-order chi connectivity index (χ0) is 10.8. The van der Waals surface area contributed by atoms with Gasteiger partial charge in [0.1, 0.15) is 0 Å². The fraction of sp³-hybridized carbons (Fsp3) is 0.727. The Kier molecular flexibility index (Phi) is 3.32. The number of nitrogens with zero attached hydrogens (tertiary/aromatic N) is 3. The van der Waals surface area contributed by atoms with E-state index in [0.717, 1.165) is 12.2 Å². The number of rotatable bonds is 3. The standard InChI is InChI=1S/C11H18ClN3/c1-9(2)14-4-3-11(7-14)15-6-10(5-12)13-8-15/h6,8-9,11H,3-5,7H2,1-2H3. The van der Waals surface area contributed by atoms with E-state index in [1.165, 1.54) is 13.0 Å². The van der Waals surface area contributed by atoms with Crippen molar-refractivity contribution >= 4 is 11.6 Å². The van der Waals surface area contributed by atoms with Crippen LogP contribution in [0.2, 0.25) is 0 Å². The van der Waals surface area contributed by atoms with Gasteiger partial charge in [-0.15, -0.1) is 11.6 Å². The molecule has 0 N–H and O–H groups in total. The monoisotopic (exact) mass is 227 g/mol. The Morgan fingerprint density at radius 2 is 2.40 bits per heavy atom. The Labute approximate surface area is 96.0 Å². The minimum Gasteiger partial charge on any atom is -0.333 e. The summed E-state index contributed by atoms with van der Waals surface area (Å²) in [7, 11) is 0. The highest BCUT2D eigenvalue weighted by Gasteiger charge is 2.25. The third-order valence-corrected chi connectivity index (χ3v) is 3.41. The molecule has 1 aliphatic rings. The first-order valence-corrected chi connectivity index (χ1v) is 6.06. The number of imidazole rings is 1. The van der Waals surface area contributed by atoms with Gasteiger partial charge in [0.05, 0.1) is 17.9 Å². The summed E-state index contributed by atoms with van der Waals surface area (Å²) in [5.41, 5.74) is 0.972. The maximum absolute atomic E-state index is 5.74. The molecule has 0 radical (unpaired) electrons. The first-order valence-electron chi connectivity index (χ1n) is 5.53. The van der Waals surface area contributed by atoms with Crippen LogP contribution in [0.3, 0.4) is 0 Å². The van der Waals surface area contributed by atoms with Crippen LogP contribution in [0, 0.1) is 0 Å². The van der Waals surface area contributed by atoms with E-state index in [0.29, 0.717) is 18.0 Å². The molecule has 0 amide bonds. The molecule has 0 spiro atoms. The van der Waals surface area contributed by atoms with Crippen LogP contribution in [0.5, 0.6) is 0 Å². The summed E-state index contributed by atoms with van der Waals surface area (Å²) in [6.07, 6.45) is 5.20. The Balaban J connectivity index is 2.01. The second-order valence-corrected chi connectivity index (χ2v) is 4.74. The van der Waals surface area contributed by atoms with Gasteiger partial charge in [0.25, 0.3) is 0 Å². The van der Waals surface area contributed by atoms with Crippen LogP contribution < -0.4 is 0 Å². The molecule has 1 fully saturated rings. The normalized spacial score (nSPS) is 22.8. The third-order valence-electron chi connectivity index (χ3n) is 3.14. The fourth-order valence-electron chi connectivity index (χ4n) is 2.13. The molecule has 0 bridgehead atoms. The van der Waals surface area contributed by atoms with Crippen LogP contribution in [0.4, 0.5) is 0 Å². The third kappa shape index (κ3) is 2.34. The number of likely N-dealkylation sites (tertiary alicyclic amines) is 1. The molecule has 0 saturated carbocycles. The van der Waals surface area contributed by atoms with Gasteiger partial charge >= 0.3 is 0 Å². The van der Waals surface area contributed by atoms with Gasteiger partial charge in [-0.25, -0.2) is 4.98 Å². The molecule has 2 heterocycles. The first kappa shape index (κ1) is 11.0. The Morgan fingerprint density at radius 3 is 2.93 bits per heavy atom. The largest absolute Gasteiger partial charge is 0.333 e. The minimum atomic E-state index is 0.508. The molecule has 1 unspecified atom stereocenters. The lowest BCUT2D eigenvalue weighted by molar-refractivity contribution is 0.265. The van der Waals surface area contributed by atoms with Gasteiger partial charge in [-0.05, 0) is 20.3 Å². The highest BCUT2D eigenvalue weighted by atomic mass is 35.5. The topological polar surface area (TPSA) is 21.1 Å². The summed E-state index contributed by atoms with van der Waals surface area (Å²) >= 11 is 5.74. The van der Waals surface area contributed by atoms with Gasteiger partial charge < -0.3 is 4.57 Å². The van der Waals surface area contributed by atoms with Crippen molar-refractivity contribution in [3.63, 3.8) is 0 Å². The average Bonchev–Trinajstić information content (AvgIpc) is 2.86. The molecular weight excluding hydrogens is 210 g/mol. The van der Waals surface area contributed by atoms with Crippen molar-refractivity contribution in [2.45, 2.75) is 38.2 Å². The summed E-state index contributed by atoms with van der Waals surface area (Å²) in [6.45, 7) is 6.83. The van der Waals surface area contributed by atoms with Crippen molar-refractivity contribution in [1.29, 1.82) is 0 Å². The number of halogens is 1. The van der Waals surface area contributed by atoms with E-state index < -0.39 is 0 Å². The lowest BCUT2D eigenvalue weighted by Crippen LogP contribution is -2.28. The molecule has 3 nitrogen and oxygen atoms in total. The second kappa shape index (κ2) is 4.54. The van der Waals surface area contributed by atoms with Gasteiger partial charge in [0.2, 0.25) is 0 Å². The molecule has 1 atom stereocenters. The van der Waals surface area contributed by atoms with E-state index in [4.69, 9.17) is 11.6 Å². The predicted octanol–water partition coefficient (Wildman–Crippen LogP) is 2.28. The minimum absolute atomic E-state index is 0.508. The maximum atomic E-state index is 5.74. The lowest BCUT2D eigenvalue weighted by atomic mass is 10.2. The van der Waals surface area contributed by atoms with Crippen molar-refractivity contribution in [1.82, 2.24) is 14.5 Å². The summed E-state index contributed by atoms with van der Waals surface area (Å²) in [6, 6.07) is 1.22. The fourth-order valence-corrected chi connectivity index (χ4v) is 2.27. The van der Waals surface area contributed by atoms with Crippen molar-refractivity contribution in [3.8, 4) is 0 Å². The van der Waals surface area contributed by atoms with E-state index in [1.807, 2.05) is 6.33 Å². The summed E-state index contributed by atoms with van der Waals surface area (Å²) < 4.78 is 2.21. The Bertz CT molecular complexity index is 321. The Morgan fingerprint density at radius 1 is 1.60 bits per heavy atom. The van der Waals surface area contributed by atoms with Crippen LogP contribution in [0.15, 0.2) is 12.5 Å². The molecule has 0 aromatic carbocycles. The molecule has 1 aromatic rings. The maximum Gasteiger partial charge on any atom is 0.0952 e. The summed E-state index contributed by atoms with van der Waals surface area (Å²) in [5, 5.41) is 0. The van der Waals surface area contributed by atoms with Crippen LogP contribution >= 0.6 is 11.6 Å². The van der Waals surface area contributed by atoms with Crippen molar-refractivity contribution in [2.24, 2.45) is 0 Å². The molecule has 1 aromatic heterocycles. The number of hydrogen-bond donors (Lipinski definition) is 0. The van der Waals surface area contributed by atoms with Gasteiger partial charge in [-0.2, -0.15) is 0 Å². The first-order chi connectivity index (χ1) is 7.20. The highest BCUT2D eigenvalue weighted by Crippen LogP contribution is 2.23. The molecule has 2 rings (SSSR count). The van der Waals surface area contributed by atoms with Gasteiger partial charge in [-0.1, -0.05) is 0 Å². The number of alkyl halides is 1. The van der Waals surface area contributed by atoms with Crippen molar-refractivity contribution in [2.75, 3.05) is 13.1 Å². The smallest absolute Gasteiger partial charge is 0.0952 e. The molecule has 84 valence electrons. The molecule has 15 heavy (non-hydrogen) atoms. The second-order valence-electron chi connectivity index (χ2n) is 4.48. The highest BCUT2D eigenvalue weighted by molar-refractivity contribution is 6.16. The van der Waals surface area contributed by atoms with Crippen molar-refractivity contribution < 1.29 is 0 Å². The van der Waals surface area contributed by atoms with Gasteiger partial charge in [-0.3, -0.25) is 4.90 Å².